The molecule has 23 heavy (non-hydrogen) atoms. The van der Waals surface area contributed by atoms with E-state index >= 15 is 0 Å². The molecule has 0 unspecified atom stereocenters. The van der Waals surface area contributed by atoms with Gasteiger partial charge in [-0.15, -0.1) is 11.3 Å². The molecule has 3 aromatic rings. The lowest BCUT2D eigenvalue weighted by Crippen LogP contribution is -2.13. The van der Waals surface area contributed by atoms with E-state index in [1.807, 2.05) is 72.1 Å². The first kappa shape index (κ1) is 15.1. The summed E-state index contributed by atoms with van der Waals surface area (Å²) in [6.45, 7) is 0. The Hall–Kier alpha value is -2.79. The normalized spacial score (nSPS) is 10.8. The molecule has 0 spiro atoms. The lowest BCUT2D eigenvalue weighted by molar-refractivity contribution is -0.115. The molecule has 0 saturated heterocycles. The van der Waals surface area contributed by atoms with E-state index in [1.165, 1.54) is 0 Å². The van der Waals surface area contributed by atoms with Crippen molar-refractivity contribution in [1.29, 1.82) is 0 Å². The Morgan fingerprint density at radius 3 is 2.22 bits per heavy atom. The van der Waals surface area contributed by atoms with Gasteiger partial charge < -0.3 is 5.32 Å². The Kier molecular flexibility index (Phi) is 4.91. The molecule has 2 aromatic carbocycles. The highest BCUT2D eigenvalue weighted by Crippen LogP contribution is 2.20. The molecule has 1 N–H and O–H groups in total. The van der Waals surface area contributed by atoms with Crippen molar-refractivity contribution >= 4 is 34.3 Å². The first-order valence-corrected chi connectivity index (χ1v) is 8.07. The summed E-state index contributed by atoms with van der Waals surface area (Å²) >= 11 is 1.58. The van der Waals surface area contributed by atoms with Gasteiger partial charge in [-0.25, -0.2) is 0 Å². The van der Waals surface area contributed by atoms with Gasteiger partial charge in [0.05, 0.1) is 17.8 Å². The van der Waals surface area contributed by atoms with Gasteiger partial charge in [0, 0.05) is 10.6 Å². The third kappa shape index (κ3) is 4.59. The molecule has 1 amide bonds. The number of benzene rings is 2. The van der Waals surface area contributed by atoms with Crippen molar-refractivity contribution in [1.82, 2.24) is 0 Å². The van der Waals surface area contributed by atoms with Crippen LogP contribution in [0.15, 0.2) is 82.3 Å². The summed E-state index contributed by atoms with van der Waals surface area (Å²) in [6.07, 6.45) is 0.396. The quantitative estimate of drug-likeness (QED) is 0.633. The Morgan fingerprint density at radius 1 is 0.870 bits per heavy atom. The van der Waals surface area contributed by atoms with E-state index < -0.39 is 0 Å². The van der Waals surface area contributed by atoms with Gasteiger partial charge in [0.1, 0.15) is 0 Å². The van der Waals surface area contributed by atoms with Crippen molar-refractivity contribution in [3.05, 3.63) is 77.0 Å². The number of hydrogen-bond acceptors (Lipinski definition) is 4. The Balaban J connectivity index is 1.58. The summed E-state index contributed by atoms with van der Waals surface area (Å²) < 4.78 is 0. The van der Waals surface area contributed by atoms with Gasteiger partial charge in [-0.2, -0.15) is 10.2 Å². The second kappa shape index (κ2) is 7.47. The standard InChI is InChI=1S/C18H15N3OS/c22-18(13-17-7-4-12-23-17)19-14-8-10-16(11-9-14)21-20-15-5-2-1-3-6-15/h1-12H,13H2,(H,19,22). The molecule has 0 radical (unpaired) electrons. The van der Waals surface area contributed by atoms with Gasteiger partial charge in [0.2, 0.25) is 5.91 Å². The fourth-order valence-electron chi connectivity index (χ4n) is 2.00. The maximum atomic E-state index is 11.9. The SMILES string of the molecule is O=C(Cc1cccs1)Nc1ccc(N=Nc2ccccc2)cc1. The lowest BCUT2D eigenvalue weighted by atomic mass is 10.2. The predicted octanol–water partition coefficient (Wildman–Crippen LogP) is 5.34. The number of rotatable bonds is 5. The number of nitrogens with zero attached hydrogens (tertiary/aromatic N) is 2. The smallest absolute Gasteiger partial charge is 0.229 e. The van der Waals surface area contributed by atoms with Gasteiger partial charge >= 0.3 is 0 Å². The van der Waals surface area contributed by atoms with Crippen LogP contribution in [0.2, 0.25) is 0 Å². The van der Waals surface area contributed by atoms with E-state index in [0.717, 1.165) is 21.9 Å². The van der Waals surface area contributed by atoms with Crippen LogP contribution >= 0.6 is 11.3 Å². The number of hydrogen-bond donors (Lipinski definition) is 1. The van der Waals surface area contributed by atoms with Crippen molar-refractivity contribution in [2.45, 2.75) is 6.42 Å². The van der Waals surface area contributed by atoms with Crippen molar-refractivity contribution < 1.29 is 4.79 Å². The summed E-state index contributed by atoms with van der Waals surface area (Å²) in [4.78, 5) is 13.0. The molecule has 0 aliphatic carbocycles. The first-order valence-electron chi connectivity index (χ1n) is 7.19. The zero-order chi connectivity index (χ0) is 15.9. The van der Waals surface area contributed by atoms with Crippen molar-refractivity contribution in [3.63, 3.8) is 0 Å². The molecular formula is C18H15N3OS. The van der Waals surface area contributed by atoms with Gasteiger partial charge in [-0.05, 0) is 47.8 Å². The van der Waals surface area contributed by atoms with Crippen LogP contribution < -0.4 is 5.32 Å². The van der Waals surface area contributed by atoms with Crippen molar-refractivity contribution in [2.24, 2.45) is 10.2 Å². The summed E-state index contributed by atoms with van der Waals surface area (Å²) in [5.41, 5.74) is 2.30. The fraction of sp³-hybridized carbons (Fsp3) is 0.0556. The number of anilines is 1. The molecule has 1 aromatic heterocycles. The highest BCUT2D eigenvalue weighted by molar-refractivity contribution is 7.10. The molecular weight excluding hydrogens is 306 g/mol. The molecule has 5 heteroatoms. The predicted molar refractivity (Wildman–Crippen MR) is 93.7 cm³/mol. The average molecular weight is 321 g/mol. The van der Waals surface area contributed by atoms with E-state index in [0.29, 0.717) is 6.42 Å². The topological polar surface area (TPSA) is 53.8 Å². The third-order valence-electron chi connectivity index (χ3n) is 3.10. The van der Waals surface area contributed by atoms with Crippen molar-refractivity contribution in [2.75, 3.05) is 5.32 Å². The molecule has 4 nitrogen and oxygen atoms in total. The minimum Gasteiger partial charge on any atom is -0.326 e. The second-order valence-corrected chi connectivity index (χ2v) is 5.92. The molecule has 114 valence electrons. The lowest BCUT2D eigenvalue weighted by Gasteiger charge is -2.04. The second-order valence-electron chi connectivity index (χ2n) is 4.89. The summed E-state index contributed by atoms with van der Waals surface area (Å²) in [5, 5.41) is 13.2. The van der Waals surface area contributed by atoms with Crippen LogP contribution in [0.1, 0.15) is 4.88 Å². The maximum absolute atomic E-state index is 11.9. The average Bonchev–Trinajstić information content (AvgIpc) is 3.08. The van der Waals surface area contributed by atoms with Crippen LogP contribution in [-0.2, 0) is 11.2 Å². The number of carbonyl (C=O) groups excluding carboxylic acids is 1. The van der Waals surface area contributed by atoms with E-state index in [1.54, 1.807) is 11.3 Å². The van der Waals surface area contributed by atoms with E-state index in [4.69, 9.17) is 0 Å². The number of nitrogens with one attached hydrogen (secondary N) is 1. The highest BCUT2D eigenvalue weighted by Gasteiger charge is 2.04. The van der Waals surface area contributed by atoms with Gasteiger partial charge in [0.25, 0.3) is 0 Å². The molecule has 1 heterocycles. The van der Waals surface area contributed by atoms with Gasteiger partial charge in [0.15, 0.2) is 0 Å². The van der Waals surface area contributed by atoms with E-state index in [2.05, 4.69) is 15.5 Å². The molecule has 0 aliphatic heterocycles. The van der Waals surface area contributed by atoms with Crippen LogP contribution in [0.25, 0.3) is 0 Å². The number of amides is 1. The fourth-order valence-corrected chi connectivity index (χ4v) is 2.70. The number of carbonyl (C=O) groups is 1. The molecule has 0 aliphatic rings. The molecule has 0 fully saturated rings. The Morgan fingerprint density at radius 2 is 1.57 bits per heavy atom. The van der Waals surface area contributed by atoms with Gasteiger partial charge in [-0.1, -0.05) is 24.3 Å². The van der Waals surface area contributed by atoms with Crippen molar-refractivity contribution in [3.8, 4) is 0 Å². The zero-order valence-corrected chi connectivity index (χ0v) is 13.2. The summed E-state index contributed by atoms with van der Waals surface area (Å²) in [5.74, 6) is -0.0221. The van der Waals surface area contributed by atoms with E-state index in [-0.39, 0.29) is 5.91 Å². The third-order valence-corrected chi connectivity index (χ3v) is 3.98. The number of thiophene rings is 1. The monoisotopic (exact) mass is 321 g/mol. The van der Waals surface area contributed by atoms with Crippen LogP contribution in [-0.4, -0.2) is 5.91 Å². The minimum absolute atomic E-state index is 0.0221. The highest BCUT2D eigenvalue weighted by atomic mass is 32.1. The molecule has 0 bridgehead atoms. The van der Waals surface area contributed by atoms with Gasteiger partial charge in [-0.3, -0.25) is 4.79 Å². The summed E-state index contributed by atoms with van der Waals surface area (Å²) in [7, 11) is 0. The first-order chi connectivity index (χ1) is 11.3. The van der Waals surface area contributed by atoms with Crippen LogP contribution in [0.5, 0.6) is 0 Å². The number of azo groups is 1. The molecule has 0 saturated carbocycles. The van der Waals surface area contributed by atoms with Crippen LogP contribution in [0.4, 0.5) is 17.1 Å². The largest absolute Gasteiger partial charge is 0.326 e. The maximum Gasteiger partial charge on any atom is 0.229 e. The Bertz CT molecular complexity index is 781. The Labute approximate surface area is 138 Å². The molecule has 0 atom stereocenters. The van der Waals surface area contributed by atoms with E-state index in [9.17, 15) is 4.79 Å². The van der Waals surface area contributed by atoms with Crippen LogP contribution in [0.3, 0.4) is 0 Å². The minimum atomic E-state index is -0.0221. The van der Waals surface area contributed by atoms with Crippen LogP contribution in [0, 0.1) is 0 Å². The molecule has 3 rings (SSSR count). The zero-order valence-electron chi connectivity index (χ0n) is 12.3. The summed E-state index contributed by atoms with van der Waals surface area (Å²) in [6, 6.07) is 20.8.